The molecule has 0 aliphatic heterocycles. The molecular formula is C23H22N2ORb2. The molecule has 0 aliphatic carbocycles. The third-order valence-corrected chi connectivity index (χ3v) is 3.86. The Morgan fingerprint density at radius 1 is 1.04 bits per heavy atom. The number of rotatable bonds is 3. The molecule has 0 spiro atoms. The van der Waals surface area contributed by atoms with Gasteiger partial charge in [0.1, 0.15) is 0 Å². The van der Waals surface area contributed by atoms with E-state index in [1.807, 2.05) is 12.2 Å². The van der Waals surface area contributed by atoms with Crippen LogP contribution >= 0.6 is 0 Å². The number of hydrogen-bond donors (Lipinski definition) is 1. The van der Waals surface area contributed by atoms with E-state index < -0.39 is 0 Å². The largest absolute Gasteiger partial charge is 1.00 e. The van der Waals surface area contributed by atoms with Crippen molar-refractivity contribution in [3.8, 4) is 0 Å². The summed E-state index contributed by atoms with van der Waals surface area (Å²) in [5, 5.41) is 4.77. The Balaban J connectivity index is 0.000000934. The maximum absolute atomic E-state index is 9.52. The van der Waals surface area contributed by atoms with Crippen molar-refractivity contribution >= 4 is 33.0 Å². The molecule has 0 saturated carbocycles. The van der Waals surface area contributed by atoms with Crippen LogP contribution in [-0.4, -0.2) is 5.91 Å². The third kappa shape index (κ3) is 7.93. The van der Waals surface area contributed by atoms with Crippen LogP contribution in [0.5, 0.6) is 0 Å². The number of allylic oxidation sites excluding steroid dienone is 5. The first-order chi connectivity index (χ1) is 12.6. The van der Waals surface area contributed by atoms with E-state index in [0.717, 1.165) is 10.8 Å². The number of carbonyl (C=O) groups is 1. The Bertz CT molecular complexity index is 940. The molecule has 1 amide bonds. The normalized spacial score (nSPS) is 10.5. The second-order valence-corrected chi connectivity index (χ2v) is 5.58. The number of nitrogens with zero attached hydrogens (tertiary/aromatic N) is 1. The molecule has 3 nitrogen and oxygen atoms in total. The zero-order valence-electron chi connectivity index (χ0n) is 17.1. The minimum Gasteiger partial charge on any atom is -0.595 e. The Labute approximate surface area is 265 Å². The average Bonchev–Trinajstić information content (AvgIpc) is 2.68. The molecule has 0 bridgehead atoms. The van der Waals surface area contributed by atoms with E-state index in [-0.39, 0.29) is 122 Å². The van der Waals surface area contributed by atoms with Gasteiger partial charge in [-0.25, -0.2) is 0 Å². The first-order valence-electron chi connectivity index (χ1n) is 8.32. The van der Waals surface area contributed by atoms with Gasteiger partial charge in [0.05, 0.1) is 5.91 Å². The van der Waals surface area contributed by atoms with E-state index >= 15 is 0 Å². The molecular weight excluding hydrogens is 491 g/mol. The second-order valence-electron chi connectivity index (χ2n) is 5.58. The van der Waals surface area contributed by atoms with E-state index in [4.69, 9.17) is 0 Å². The fourth-order valence-corrected chi connectivity index (χ4v) is 2.72. The van der Waals surface area contributed by atoms with E-state index in [2.05, 4.69) is 91.5 Å². The van der Waals surface area contributed by atoms with Gasteiger partial charge < -0.3 is 16.1 Å². The van der Waals surface area contributed by atoms with Gasteiger partial charge in [0.15, 0.2) is 0 Å². The van der Waals surface area contributed by atoms with Crippen LogP contribution in [0.3, 0.4) is 0 Å². The topological polar surface area (TPSA) is 57.2 Å². The van der Waals surface area contributed by atoms with Crippen molar-refractivity contribution < 1.29 is 121 Å². The summed E-state index contributed by atoms with van der Waals surface area (Å²) in [6.45, 7) is 7.13. The molecule has 132 valence electrons. The summed E-state index contributed by atoms with van der Waals surface area (Å²) in [5.41, 5.74) is 5.22. The number of carbonyl (C=O) groups excluding carboxylic acids is 1. The molecule has 5 heteroatoms. The van der Waals surface area contributed by atoms with E-state index in [0.29, 0.717) is 0 Å². The average molecular weight is 513 g/mol. The molecule has 0 heterocycles. The van der Waals surface area contributed by atoms with Crippen molar-refractivity contribution in [2.45, 2.75) is 13.8 Å². The molecule has 3 aromatic rings. The van der Waals surface area contributed by atoms with Crippen LogP contribution in [0.4, 0.5) is 0 Å². The number of hydrogen-bond acceptors (Lipinski definition) is 2. The molecule has 3 aromatic carbocycles. The number of benzene rings is 3. The molecule has 28 heavy (non-hydrogen) atoms. The van der Waals surface area contributed by atoms with Crippen LogP contribution in [0.25, 0.3) is 32.5 Å². The Morgan fingerprint density at radius 3 is 1.89 bits per heavy atom. The maximum Gasteiger partial charge on any atom is 1.00 e. The Morgan fingerprint density at radius 2 is 1.50 bits per heavy atom. The molecule has 0 unspecified atom stereocenters. The van der Waals surface area contributed by atoms with Gasteiger partial charge in [-0.2, -0.15) is 0 Å². The van der Waals surface area contributed by atoms with Crippen LogP contribution in [0, 0.1) is 6.07 Å². The van der Waals surface area contributed by atoms with Gasteiger partial charge in [-0.15, -0.1) is 29.0 Å². The van der Waals surface area contributed by atoms with Gasteiger partial charge >= 0.3 is 116 Å². The second kappa shape index (κ2) is 15.3. The van der Waals surface area contributed by atoms with Gasteiger partial charge in [-0.3, -0.25) is 0 Å². The van der Waals surface area contributed by atoms with Gasteiger partial charge in [0, 0.05) is 0 Å². The summed E-state index contributed by atoms with van der Waals surface area (Å²) in [4.78, 5) is 9.52. The van der Waals surface area contributed by atoms with Crippen LogP contribution in [0.2, 0.25) is 0 Å². The molecule has 2 N–H and O–H groups in total. The summed E-state index contributed by atoms with van der Waals surface area (Å²) in [5.74, 6) is 4.10. The summed E-state index contributed by atoms with van der Waals surface area (Å²) in [7, 11) is 0. The van der Waals surface area contributed by atoms with Gasteiger partial charge in [0.2, 0.25) is 0 Å². The quantitative estimate of drug-likeness (QED) is 0.131. The van der Waals surface area contributed by atoms with Gasteiger partial charge in [-0.1, -0.05) is 83.6 Å². The smallest absolute Gasteiger partial charge is 0.595 e. The summed E-state index contributed by atoms with van der Waals surface area (Å²) in [6, 6.07) is 20.4. The first-order valence-corrected chi connectivity index (χ1v) is 8.32. The molecule has 0 atom stereocenters. The molecule has 0 aromatic heterocycles. The van der Waals surface area contributed by atoms with Crippen LogP contribution in [0.1, 0.15) is 19.4 Å². The van der Waals surface area contributed by atoms with Crippen molar-refractivity contribution in [2.24, 2.45) is 5.84 Å². The van der Waals surface area contributed by atoms with Crippen LogP contribution in [-0.2, 0) is 4.79 Å². The standard InChI is InChI=1S/C21H17.C2H6N2O.2Rb/c1-3-5-10-16(4-2)21-19-13-8-6-11-17(19)15-18-12-7-9-14-20(18)21;1-2(5)4-3;;/h3-14H,1H2,2H3;3H2,1H3,(H,4,5);;/q-1;;2*+1/p-1/b10-5-,16-4+;;;. The van der Waals surface area contributed by atoms with Gasteiger partial charge in [0.25, 0.3) is 0 Å². The van der Waals surface area contributed by atoms with Crippen LogP contribution < -0.4 is 122 Å². The molecule has 0 radical (unpaired) electrons. The predicted molar refractivity (Wildman–Crippen MR) is 112 cm³/mol. The summed E-state index contributed by atoms with van der Waals surface area (Å²) >= 11 is 0. The van der Waals surface area contributed by atoms with Crippen LogP contribution in [0.15, 0.2) is 79.4 Å². The maximum atomic E-state index is 9.52. The summed E-state index contributed by atoms with van der Waals surface area (Å²) < 4.78 is 0. The molecule has 3 rings (SSSR count). The number of amides is 1. The molecule has 0 fully saturated rings. The SMILES string of the molecule is C=C/C=C\C(=C/C)c1c2ccccc2[c-]c2ccccc12.CC(=O)[N-]N.[Rb+].[Rb+]. The van der Waals surface area contributed by atoms with Crippen molar-refractivity contribution in [1.29, 1.82) is 0 Å². The molecule has 0 aliphatic rings. The summed E-state index contributed by atoms with van der Waals surface area (Å²) in [6.07, 6.45) is 8.05. The fourth-order valence-electron chi connectivity index (χ4n) is 2.72. The van der Waals surface area contributed by atoms with E-state index in [1.54, 1.807) is 0 Å². The first kappa shape index (κ1) is 28.4. The predicted octanol–water partition coefficient (Wildman–Crippen LogP) is -0.273. The van der Waals surface area contributed by atoms with E-state index in [1.165, 1.54) is 28.8 Å². The van der Waals surface area contributed by atoms with Gasteiger partial charge in [-0.05, 0) is 19.4 Å². The number of nitrogens with two attached hydrogens (primary N) is 1. The Hall–Kier alpha value is 0.440. The monoisotopic (exact) mass is 512 g/mol. The Kier molecular flexibility index (Phi) is 15.5. The molecule has 0 saturated heterocycles. The van der Waals surface area contributed by atoms with Crippen molar-refractivity contribution in [3.63, 3.8) is 0 Å². The van der Waals surface area contributed by atoms with E-state index in [9.17, 15) is 4.79 Å². The van der Waals surface area contributed by atoms with Crippen molar-refractivity contribution in [3.05, 3.63) is 96.5 Å². The zero-order valence-corrected chi connectivity index (χ0v) is 26.9. The zero-order chi connectivity index (χ0) is 18.9. The third-order valence-electron chi connectivity index (χ3n) is 3.86. The van der Waals surface area contributed by atoms with Crippen molar-refractivity contribution in [1.82, 2.24) is 0 Å². The number of fused-ring (bicyclic) bond motifs is 2. The fraction of sp³-hybridized carbons (Fsp3) is 0.0870. The van der Waals surface area contributed by atoms with Crippen molar-refractivity contribution in [2.75, 3.05) is 0 Å². The minimum absolute atomic E-state index is 0. The minimum atomic E-state index is -0.343.